The van der Waals surface area contributed by atoms with Gasteiger partial charge in [0, 0.05) is 54.5 Å². The molecule has 1 aliphatic rings. The molecule has 158 valence electrons. The van der Waals surface area contributed by atoms with E-state index in [-0.39, 0.29) is 11.7 Å². The maximum Gasteiger partial charge on any atom is 0.222 e. The number of carbonyl (C=O) groups is 1. The van der Waals surface area contributed by atoms with Crippen molar-refractivity contribution >= 4 is 16.8 Å². The quantitative estimate of drug-likeness (QED) is 0.455. The topological polar surface area (TPSA) is 41.0 Å². The van der Waals surface area contributed by atoms with Crippen LogP contribution in [0.5, 0.6) is 0 Å². The molecule has 0 atom stereocenters. The molecule has 0 saturated carbocycles. The maximum absolute atomic E-state index is 14.0. The number of halogens is 1. The number of nitrogens with zero attached hydrogens (tertiary/aromatic N) is 2. The Labute approximate surface area is 181 Å². The van der Waals surface area contributed by atoms with Gasteiger partial charge in [0.1, 0.15) is 5.82 Å². The minimum atomic E-state index is -0.259. The third kappa shape index (κ3) is 4.00. The highest BCUT2D eigenvalue weighted by atomic mass is 19.1. The number of likely N-dealkylation sites (tertiary alicyclic amines) is 1. The molecule has 0 aliphatic carbocycles. The van der Waals surface area contributed by atoms with Crippen LogP contribution in [0.4, 0.5) is 4.39 Å². The minimum Gasteiger partial charge on any atom is -0.354 e. The fraction of sp³-hybridized carbons (Fsp3) is 0.269. The van der Waals surface area contributed by atoms with Gasteiger partial charge in [-0.2, -0.15) is 0 Å². The van der Waals surface area contributed by atoms with Crippen molar-refractivity contribution in [2.24, 2.45) is 0 Å². The van der Waals surface area contributed by atoms with Gasteiger partial charge in [-0.05, 0) is 60.7 Å². The van der Waals surface area contributed by atoms with E-state index in [1.54, 1.807) is 12.1 Å². The number of amides is 1. The molecule has 4 aromatic rings. The number of piperidine rings is 1. The van der Waals surface area contributed by atoms with Crippen LogP contribution >= 0.6 is 0 Å². The molecular weight excluding hydrogens is 389 g/mol. The molecule has 1 amide bonds. The molecule has 2 aromatic carbocycles. The molecule has 0 radical (unpaired) electrons. The molecule has 0 bridgehead atoms. The number of rotatable bonds is 5. The summed E-state index contributed by atoms with van der Waals surface area (Å²) in [5.74, 6) is -0.0820. The van der Waals surface area contributed by atoms with Crippen molar-refractivity contribution in [3.63, 3.8) is 0 Å². The maximum atomic E-state index is 14.0. The molecule has 1 N–H and O–H groups in total. The Bertz CT molecular complexity index is 1170. The van der Waals surface area contributed by atoms with Gasteiger partial charge in [0.15, 0.2) is 0 Å². The first-order valence-corrected chi connectivity index (χ1v) is 10.9. The van der Waals surface area contributed by atoms with E-state index in [1.807, 2.05) is 47.4 Å². The normalized spacial score (nSPS) is 14.9. The van der Waals surface area contributed by atoms with Gasteiger partial charge in [-0.15, -0.1) is 0 Å². The summed E-state index contributed by atoms with van der Waals surface area (Å²) in [6.45, 7) is 1.57. The van der Waals surface area contributed by atoms with E-state index in [1.165, 1.54) is 6.07 Å². The second kappa shape index (κ2) is 8.42. The first-order chi connectivity index (χ1) is 15.2. The second-order valence-electron chi connectivity index (χ2n) is 8.28. The lowest BCUT2D eigenvalue weighted by atomic mass is 10.00. The summed E-state index contributed by atoms with van der Waals surface area (Å²) in [7, 11) is 0. The van der Waals surface area contributed by atoms with Crippen molar-refractivity contribution in [3.8, 4) is 11.3 Å². The van der Waals surface area contributed by atoms with Crippen molar-refractivity contribution < 1.29 is 9.18 Å². The number of nitrogens with one attached hydrogen (secondary N) is 1. The van der Waals surface area contributed by atoms with Gasteiger partial charge in [-0.1, -0.05) is 30.3 Å². The molecule has 3 heterocycles. The summed E-state index contributed by atoms with van der Waals surface area (Å²) in [5.41, 5.74) is 3.93. The van der Waals surface area contributed by atoms with Gasteiger partial charge in [-0.3, -0.25) is 4.79 Å². The molecule has 0 unspecified atom stereocenters. The van der Waals surface area contributed by atoms with Gasteiger partial charge < -0.3 is 14.5 Å². The van der Waals surface area contributed by atoms with Crippen LogP contribution < -0.4 is 0 Å². The smallest absolute Gasteiger partial charge is 0.222 e. The van der Waals surface area contributed by atoms with Crippen molar-refractivity contribution in [1.29, 1.82) is 0 Å². The van der Waals surface area contributed by atoms with E-state index in [0.29, 0.717) is 18.9 Å². The lowest BCUT2D eigenvalue weighted by Gasteiger charge is -2.33. The van der Waals surface area contributed by atoms with Crippen molar-refractivity contribution in [1.82, 2.24) is 14.5 Å². The Morgan fingerprint density at radius 3 is 2.48 bits per heavy atom. The molecule has 5 heteroatoms. The van der Waals surface area contributed by atoms with E-state index in [2.05, 4.69) is 21.9 Å². The van der Waals surface area contributed by atoms with Crippen LogP contribution in [0.3, 0.4) is 0 Å². The van der Waals surface area contributed by atoms with Gasteiger partial charge in [0.2, 0.25) is 5.91 Å². The number of aromatic nitrogens is 2. The molecule has 4 nitrogen and oxygen atoms in total. The highest BCUT2D eigenvalue weighted by Gasteiger charge is 2.24. The first kappa shape index (κ1) is 19.6. The zero-order valence-corrected chi connectivity index (χ0v) is 17.4. The highest BCUT2D eigenvalue weighted by molar-refractivity contribution is 5.91. The van der Waals surface area contributed by atoms with Crippen LogP contribution in [0.15, 0.2) is 73.1 Å². The Morgan fingerprint density at radius 2 is 1.74 bits per heavy atom. The lowest BCUT2D eigenvalue weighted by molar-refractivity contribution is -0.132. The minimum absolute atomic E-state index is 0.177. The molecule has 1 saturated heterocycles. The van der Waals surface area contributed by atoms with Gasteiger partial charge in [0.05, 0.1) is 0 Å². The van der Waals surface area contributed by atoms with E-state index in [9.17, 15) is 9.18 Å². The largest absolute Gasteiger partial charge is 0.354 e. The predicted octanol–water partition coefficient (Wildman–Crippen LogP) is 5.57. The fourth-order valence-electron chi connectivity index (χ4n) is 4.73. The molecule has 0 spiro atoms. The van der Waals surface area contributed by atoms with Gasteiger partial charge in [0.25, 0.3) is 0 Å². The lowest BCUT2D eigenvalue weighted by Crippen LogP contribution is -2.39. The molecule has 31 heavy (non-hydrogen) atoms. The van der Waals surface area contributed by atoms with Crippen molar-refractivity contribution in [2.75, 3.05) is 13.1 Å². The third-order valence-electron chi connectivity index (χ3n) is 6.39. The number of hydrogen-bond donors (Lipinski definition) is 1. The standard InChI is InChI=1S/C26H26FN3O/c27-20-8-10-24-23(18-20)22(26(28-24)19-6-2-1-3-7-19)9-11-25(31)30-16-12-21(13-17-30)29-14-4-5-15-29/h1-8,10,14-15,18,21,28H,9,11-13,16-17H2. The summed E-state index contributed by atoms with van der Waals surface area (Å²) < 4.78 is 16.2. The number of hydrogen-bond acceptors (Lipinski definition) is 1. The summed E-state index contributed by atoms with van der Waals surface area (Å²) in [6, 6.07) is 19.4. The Kier molecular flexibility index (Phi) is 5.33. The number of aromatic amines is 1. The number of fused-ring (bicyclic) bond motifs is 1. The third-order valence-corrected chi connectivity index (χ3v) is 6.39. The van der Waals surface area contributed by atoms with Crippen LogP contribution in [0, 0.1) is 5.82 Å². The zero-order chi connectivity index (χ0) is 21.2. The van der Waals surface area contributed by atoms with Crippen LogP contribution in [-0.4, -0.2) is 33.4 Å². The van der Waals surface area contributed by atoms with E-state index < -0.39 is 0 Å². The van der Waals surface area contributed by atoms with E-state index in [4.69, 9.17) is 0 Å². The monoisotopic (exact) mass is 415 g/mol. The highest BCUT2D eigenvalue weighted by Crippen LogP contribution is 2.32. The fourth-order valence-corrected chi connectivity index (χ4v) is 4.73. The van der Waals surface area contributed by atoms with Crippen LogP contribution in [0.1, 0.15) is 30.9 Å². The molecule has 1 fully saturated rings. The van der Waals surface area contributed by atoms with E-state index >= 15 is 0 Å². The summed E-state index contributed by atoms with van der Waals surface area (Å²) in [5, 5.41) is 0.859. The van der Waals surface area contributed by atoms with Crippen LogP contribution in [0.2, 0.25) is 0 Å². The zero-order valence-electron chi connectivity index (χ0n) is 17.4. The number of carbonyl (C=O) groups excluding carboxylic acids is 1. The summed E-state index contributed by atoms with van der Waals surface area (Å²) >= 11 is 0. The van der Waals surface area contributed by atoms with E-state index in [0.717, 1.165) is 53.7 Å². The summed E-state index contributed by atoms with van der Waals surface area (Å²) in [6.07, 6.45) is 7.18. The Balaban J connectivity index is 1.32. The van der Waals surface area contributed by atoms with Crippen molar-refractivity contribution in [3.05, 3.63) is 84.4 Å². The first-order valence-electron chi connectivity index (χ1n) is 10.9. The number of benzene rings is 2. The average Bonchev–Trinajstić information content (AvgIpc) is 3.46. The summed E-state index contributed by atoms with van der Waals surface area (Å²) in [4.78, 5) is 18.4. The molecule has 5 rings (SSSR count). The SMILES string of the molecule is O=C(CCc1c(-c2ccccc2)[nH]c2ccc(F)cc12)N1CCC(n2cccc2)CC1. The molecular formula is C26H26FN3O. The number of aryl methyl sites for hydroxylation is 1. The van der Waals surface area contributed by atoms with Crippen molar-refractivity contribution in [2.45, 2.75) is 31.7 Å². The van der Waals surface area contributed by atoms with Gasteiger partial charge >= 0.3 is 0 Å². The molecule has 2 aromatic heterocycles. The second-order valence-corrected chi connectivity index (χ2v) is 8.28. The van der Waals surface area contributed by atoms with Crippen LogP contribution in [-0.2, 0) is 11.2 Å². The van der Waals surface area contributed by atoms with Crippen LogP contribution in [0.25, 0.3) is 22.2 Å². The Hall–Kier alpha value is -3.34. The predicted molar refractivity (Wildman–Crippen MR) is 121 cm³/mol. The Morgan fingerprint density at radius 1 is 1.00 bits per heavy atom. The van der Waals surface area contributed by atoms with Gasteiger partial charge in [-0.25, -0.2) is 4.39 Å². The molecule has 1 aliphatic heterocycles. The average molecular weight is 416 g/mol. The number of H-pyrrole nitrogens is 1.